The van der Waals surface area contributed by atoms with Crippen LogP contribution in [-0.4, -0.2) is 42.7 Å². The standard InChI is InChI=1S/C9H16N2O3S.ClH/c1-6(3-8(12)14-2)11-9(13)7-4-15-5-10-7;/h6-7,10H,3-5H2,1-2H3,(H,11,13);1H/t6?,7-;/m1./s1. The zero-order chi connectivity index (χ0) is 11.3. The Hall–Kier alpha value is -0.460. The van der Waals surface area contributed by atoms with Crippen molar-refractivity contribution in [1.82, 2.24) is 10.6 Å². The van der Waals surface area contributed by atoms with Crippen LogP contribution >= 0.6 is 24.2 Å². The number of thioether (sulfide) groups is 1. The fourth-order valence-electron chi connectivity index (χ4n) is 1.29. The highest BCUT2D eigenvalue weighted by atomic mass is 35.5. The monoisotopic (exact) mass is 268 g/mol. The number of amides is 1. The van der Waals surface area contributed by atoms with Crippen LogP contribution in [0.5, 0.6) is 0 Å². The molecule has 16 heavy (non-hydrogen) atoms. The largest absolute Gasteiger partial charge is 0.469 e. The molecule has 1 amide bonds. The fraction of sp³-hybridized carbons (Fsp3) is 0.778. The molecule has 1 heterocycles. The van der Waals surface area contributed by atoms with E-state index >= 15 is 0 Å². The van der Waals surface area contributed by atoms with Gasteiger partial charge in [-0.15, -0.1) is 24.2 Å². The van der Waals surface area contributed by atoms with Gasteiger partial charge in [0, 0.05) is 17.7 Å². The molecule has 1 fully saturated rings. The number of carbonyl (C=O) groups is 2. The topological polar surface area (TPSA) is 67.4 Å². The van der Waals surface area contributed by atoms with Crippen LogP contribution in [0.2, 0.25) is 0 Å². The van der Waals surface area contributed by atoms with Gasteiger partial charge in [0.15, 0.2) is 0 Å². The molecular weight excluding hydrogens is 252 g/mol. The first-order valence-electron chi connectivity index (χ1n) is 4.81. The van der Waals surface area contributed by atoms with Crippen LogP contribution in [0, 0.1) is 0 Å². The third-order valence-electron chi connectivity index (χ3n) is 2.12. The normalized spacial score (nSPS) is 20.8. The van der Waals surface area contributed by atoms with Crippen molar-refractivity contribution in [1.29, 1.82) is 0 Å². The van der Waals surface area contributed by atoms with Crippen LogP contribution in [0.3, 0.4) is 0 Å². The van der Waals surface area contributed by atoms with Crippen LogP contribution in [-0.2, 0) is 14.3 Å². The van der Waals surface area contributed by atoms with E-state index in [0.717, 1.165) is 11.6 Å². The van der Waals surface area contributed by atoms with Crippen LogP contribution in [0.4, 0.5) is 0 Å². The highest BCUT2D eigenvalue weighted by molar-refractivity contribution is 7.99. The van der Waals surface area contributed by atoms with Crippen LogP contribution in [0.1, 0.15) is 13.3 Å². The molecule has 0 saturated carbocycles. The third kappa shape index (κ3) is 5.05. The zero-order valence-corrected chi connectivity index (χ0v) is 11.0. The molecule has 7 heteroatoms. The third-order valence-corrected chi connectivity index (χ3v) is 3.06. The van der Waals surface area contributed by atoms with E-state index in [0.29, 0.717) is 0 Å². The number of rotatable bonds is 4. The number of hydrogen-bond donors (Lipinski definition) is 2. The molecular formula is C9H17ClN2O3S. The van der Waals surface area contributed by atoms with Gasteiger partial charge in [-0.2, -0.15) is 0 Å². The maximum atomic E-state index is 11.6. The molecule has 1 saturated heterocycles. The van der Waals surface area contributed by atoms with Crippen molar-refractivity contribution in [3.63, 3.8) is 0 Å². The molecule has 5 nitrogen and oxygen atoms in total. The number of esters is 1. The molecule has 2 N–H and O–H groups in total. The highest BCUT2D eigenvalue weighted by Gasteiger charge is 2.23. The lowest BCUT2D eigenvalue weighted by Crippen LogP contribution is -2.46. The molecule has 1 rings (SSSR count). The van der Waals surface area contributed by atoms with E-state index in [9.17, 15) is 9.59 Å². The van der Waals surface area contributed by atoms with Crippen molar-refractivity contribution in [2.24, 2.45) is 0 Å². The highest BCUT2D eigenvalue weighted by Crippen LogP contribution is 2.09. The SMILES string of the molecule is COC(=O)CC(C)NC(=O)[C@H]1CSCN1.Cl. The molecule has 94 valence electrons. The van der Waals surface area contributed by atoms with Gasteiger partial charge in [0.1, 0.15) is 0 Å². The Labute approximate surface area is 105 Å². The van der Waals surface area contributed by atoms with E-state index in [4.69, 9.17) is 0 Å². The molecule has 0 radical (unpaired) electrons. The minimum atomic E-state index is -0.309. The lowest BCUT2D eigenvalue weighted by Gasteiger charge is -2.15. The van der Waals surface area contributed by atoms with Crippen molar-refractivity contribution >= 4 is 36.0 Å². The van der Waals surface area contributed by atoms with Crippen molar-refractivity contribution in [3.05, 3.63) is 0 Å². The Balaban J connectivity index is 0.00000225. The minimum absolute atomic E-state index is 0. The number of nitrogens with one attached hydrogen (secondary N) is 2. The molecule has 2 atom stereocenters. The Morgan fingerprint density at radius 2 is 2.31 bits per heavy atom. The first-order valence-corrected chi connectivity index (χ1v) is 5.97. The van der Waals surface area contributed by atoms with E-state index in [1.807, 2.05) is 0 Å². The maximum Gasteiger partial charge on any atom is 0.307 e. The van der Waals surface area contributed by atoms with Crippen LogP contribution < -0.4 is 10.6 Å². The van der Waals surface area contributed by atoms with Gasteiger partial charge < -0.3 is 10.1 Å². The molecule has 0 aromatic rings. The lowest BCUT2D eigenvalue weighted by atomic mass is 10.2. The average Bonchev–Trinajstić information content (AvgIpc) is 2.70. The van der Waals surface area contributed by atoms with Crippen molar-refractivity contribution in [3.8, 4) is 0 Å². The predicted octanol–water partition coefficient (Wildman–Crippen LogP) is 0.139. The molecule has 1 aliphatic heterocycles. The van der Waals surface area contributed by atoms with Gasteiger partial charge in [0.05, 0.1) is 19.6 Å². The first-order chi connectivity index (χ1) is 7.13. The molecule has 0 aromatic heterocycles. The summed E-state index contributed by atoms with van der Waals surface area (Å²) in [5.41, 5.74) is 0. The number of carbonyl (C=O) groups excluding carboxylic acids is 2. The van der Waals surface area contributed by atoms with Crippen LogP contribution in [0.25, 0.3) is 0 Å². The quantitative estimate of drug-likeness (QED) is 0.710. The zero-order valence-electron chi connectivity index (χ0n) is 9.32. The maximum absolute atomic E-state index is 11.6. The van der Waals surface area contributed by atoms with E-state index < -0.39 is 0 Å². The van der Waals surface area contributed by atoms with E-state index in [2.05, 4.69) is 15.4 Å². The van der Waals surface area contributed by atoms with Gasteiger partial charge >= 0.3 is 5.97 Å². The van der Waals surface area contributed by atoms with Gasteiger partial charge in [-0.1, -0.05) is 0 Å². The van der Waals surface area contributed by atoms with Crippen molar-refractivity contribution < 1.29 is 14.3 Å². The lowest BCUT2D eigenvalue weighted by molar-refractivity contribution is -0.141. The second-order valence-corrected chi connectivity index (χ2v) is 4.49. The van der Waals surface area contributed by atoms with Gasteiger partial charge in [-0.05, 0) is 6.92 Å². The minimum Gasteiger partial charge on any atom is -0.469 e. The summed E-state index contributed by atoms with van der Waals surface area (Å²) in [7, 11) is 1.34. The van der Waals surface area contributed by atoms with E-state index in [-0.39, 0.29) is 42.8 Å². The molecule has 1 unspecified atom stereocenters. The van der Waals surface area contributed by atoms with Gasteiger partial charge in [-0.25, -0.2) is 0 Å². The predicted molar refractivity (Wildman–Crippen MR) is 65.7 cm³/mol. The summed E-state index contributed by atoms with van der Waals surface area (Å²) in [6.45, 7) is 1.79. The molecule has 0 aliphatic carbocycles. The summed E-state index contributed by atoms with van der Waals surface area (Å²) in [5.74, 6) is 1.24. The van der Waals surface area contributed by atoms with Gasteiger partial charge in [0.2, 0.25) is 5.91 Å². The van der Waals surface area contributed by atoms with Crippen LogP contribution in [0.15, 0.2) is 0 Å². The number of methoxy groups -OCH3 is 1. The number of hydrogen-bond acceptors (Lipinski definition) is 5. The van der Waals surface area contributed by atoms with Crippen molar-refractivity contribution in [2.75, 3.05) is 18.7 Å². The average molecular weight is 269 g/mol. The molecule has 0 bridgehead atoms. The first kappa shape index (κ1) is 15.5. The summed E-state index contributed by atoms with van der Waals surface area (Å²) in [5, 5.41) is 5.84. The summed E-state index contributed by atoms with van der Waals surface area (Å²) < 4.78 is 4.52. The Kier molecular flexibility index (Phi) is 7.53. The Morgan fingerprint density at radius 3 is 2.81 bits per heavy atom. The Morgan fingerprint density at radius 1 is 1.62 bits per heavy atom. The molecule has 1 aliphatic rings. The van der Waals surface area contributed by atoms with Crippen molar-refractivity contribution in [2.45, 2.75) is 25.4 Å². The van der Waals surface area contributed by atoms with E-state index in [1.54, 1.807) is 18.7 Å². The second kappa shape index (κ2) is 7.76. The summed E-state index contributed by atoms with van der Waals surface area (Å²) in [6.07, 6.45) is 0.210. The smallest absolute Gasteiger partial charge is 0.307 e. The summed E-state index contributed by atoms with van der Waals surface area (Å²) in [4.78, 5) is 22.5. The van der Waals surface area contributed by atoms with Gasteiger partial charge in [-0.3, -0.25) is 14.9 Å². The Bertz CT molecular complexity index is 247. The molecule has 0 aromatic carbocycles. The van der Waals surface area contributed by atoms with E-state index in [1.165, 1.54) is 7.11 Å². The second-order valence-electron chi connectivity index (χ2n) is 3.46. The fourth-order valence-corrected chi connectivity index (χ4v) is 2.23. The number of ether oxygens (including phenoxy) is 1. The summed E-state index contributed by atoms with van der Waals surface area (Å²) in [6, 6.07) is -0.313. The summed E-state index contributed by atoms with van der Waals surface area (Å²) >= 11 is 1.69. The number of halogens is 1. The molecule has 0 spiro atoms. The van der Waals surface area contributed by atoms with Gasteiger partial charge in [0.25, 0.3) is 0 Å².